The molecule has 1 aliphatic heterocycles. The third kappa shape index (κ3) is 3.88. The van der Waals surface area contributed by atoms with Gasteiger partial charge in [0.2, 0.25) is 5.91 Å². The number of nitrogens with zero attached hydrogens (tertiary/aromatic N) is 1. The van der Waals surface area contributed by atoms with Gasteiger partial charge >= 0.3 is 0 Å². The van der Waals surface area contributed by atoms with Crippen molar-refractivity contribution in [1.29, 1.82) is 0 Å². The van der Waals surface area contributed by atoms with Gasteiger partial charge in [0.1, 0.15) is 5.75 Å². The van der Waals surface area contributed by atoms with E-state index in [0.717, 1.165) is 10.6 Å². The van der Waals surface area contributed by atoms with Crippen molar-refractivity contribution in [3.63, 3.8) is 0 Å². The van der Waals surface area contributed by atoms with E-state index < -0.39 is 5.60 Å². The SMILES string of the molecule is CCOc1ccc(SCC(=O)N2CC(C)(O)C2)cc1. The maximum atomic E-state index is 11.8. The largest absolute Gasteiger partial charge is 0.494 e. The topological polar surface area (TPSA) is 49.8 Å². The zero-order chi connectivity index (χ0) is 13.9. The summed E-state index contributed by atoms with van der Waals surface area (Å²) in [5, 5.41) is 9.58. The van der Waals surface area contributed by atoms with Gasteiger partial charge in [-0.3, -0.25) is 4.79 Å². The summed E-state index contributed by atoms with van der Waals surface area (Å²) in [6, 6.07) is 7.72. The van der Waals surface area contributed by atoms with Crippen LogP contribution in [0.3, 0.4) is 0 Å². The smallest absolute Gasteiger partial charge is 0.233 e. The number of amides is 1. The summed E-state index contributed by atoms with van der Waals surface area (Å²) in [4.78, 5) is 14.6. The molecule has 0 unspecified atom stereocenters. The van der Waals surface area contributed by atoms with Crippen molar-refractivity contribution in [2.45, 2.75) is 24.3 Å². The molecule has 1 heterocycles. The Morgan fingerprint density at radius 1 is 1.42 bits per heavy atom. The number of likely N-dealkylation sites (tertiary alicyclic amines) is 1. The van der Waals surface area contributed by atoms with Crippen LogP contribution in [0.2, 0.25) is 0 Å². The second-order valence-corrected chi connectivity index (χ2v) is 5.99. The third-order valence-corrected chi connectivity index (χ3v) is 3.91. The monoisotopic (exact) mass is 281 g/mol. The molecule has 0 radical (unpaired) electrons. The first-order chi connectivity index (χ1) is 9.00. The summed E-state index contributed by atoms with van der Waals surface area (Å²) in [5.74, 6) is 1.33. The molecule has 0 bridgehead atoms. The van der Waals surface area contributed by atoms with E-state index in [0.29, 0.717) is 25.4 Å². The molecule has 0 spiro atoms. The summed E-state index contributed by atoms with van der Waals surface area (Å²) in [5.41, 5.74) is -0.695. The zero-order valence-corrected chi connectivity index (χ0v) is 12.1. The van der Waals surface area contributed by atoms with Gasteiger partial charge in [-0.1, -0.05) is 0 Å². The molecule has 1 N–H and O–H groups in total. The lowest BCUT2D eigenvalue weighted by Gasteiger charge is -2.44. The van der Waals surface area contributed by atoms with Crippen LogP contribution in [-0.2, 0) is 4.79 Å². The average molecular weight is 281 g/mol. The van der Waals surface area contributed by atoms with E-state index >= 15 is 0 Å². The molecular weight excluding hydrogens is 262 g/mol. The van der Waals surface area contributed by atoms with Gasteiger partial charge in [0.05, 0.1) is 31.1 Å². The van der Waals surface area contributed by atoms with E-state index in [9.17, 15) is 9.90 Å². The number of aliphatic hydroxyl groups is 1. The lowest BCUT2D eigenvalue weighted by Crippen LogP contribution is -2.62. The van der Waals surface area contributed by atoms with Crippen LogP contribution in [0, 0.1) is 0 Å². The number of hydrogen-bond acceptors (Lipinski definition) is 4. The molecule has 0 aromatic heterocycles. The van der Waals surface area contributed by atoms with Crippen molar-refractivity contribution >= 4 is 17.7 Å². The van der Waals surface area contributed by atoms with Crippen molar-refractivity contribution in [2.24, 2.45) is 0 Å². The average Bonchev–Trinajstić information content (AvgIpc) is 2.35. The normalized spacial score (nSPS) is 16.9. The number of benzene rings is 1. The predicted molar refractivity (Wildman–Crippen MR) is 75.5 cm³/mol. The second-order valence-electron chi connectivity index (χ2n) is 4.94. The Hall–Kier alpha value is -1.20. The maximum absolute atomic E-state index is 11.8. The van der Waals surface area contributed by atoms with Crippen molar-refractivity contribution in [3.05, 3.63) is 24.3 Å². The van der Waals surface area contributed by atoms with E-state index in [4.69, 9.17) is 4.74 Å². The first-order valence-corrected chi connectivity index (χ1v) is 7.34. The molecule has 4 nitrogen and oxygen atoms in total. The lowest BCUT2D eigenvalue weighted by atomic mass is 9.97. The Balaban J connectivity index is 1.77. The Labute approximate surface area is 117 Å². The molecule has 0 saturated carbocycles. The minimum atomic E-state index is -0.695. The molecule has 1 aromatic carbocycles. The number of rotatable bonds is 5. The maximum Gasteiger partial charge on any atom is 0.233 e. The van der Waals surface area contributed by atoms with Gasteiger partial charge in [0.15, 0.2) is 0 Å². The minimum absolute atomic E-state index is 0.0745. The molecule has 1 fully saturated rings. The lowest BCUT2D eigenvalue weighted by molar-refractivity contribution is -0.149. The zero-order valence-electron chi connectivity index (χ0n) is 11.3. The molecule has 0 aliphatic carbocycles. The van der Waals surface area contributed by atoms with Crippen molar-refractivity contribution in [3.8, 4) is 5.75 Å². The fourth-order valence-corrected chi connectivity index (χ4v) is 2.79. The Kier molecular flexibility index (Phi) is 4.37. The van der Waals surface area contributed by atoms with Crippen LogP contribution < -0.4 is 4.74 Å². The fourth-order valence-electron chi connectivity index (χ4n) is 1.99. The van der Waals surface area contributed by atoms with Crippen molar-refractivity contribution < 1.29 is 14.6 Å². The summed E-state index contributed by atoms with van der Waals surface area (Å²) < 4.78 is 5.36. The minimum Gasteiger partial charge on any atom is -0.494 e. The van der Waals surface area contributed by atoms with Gasteiger partial charge in [-0.15, -0.1) is 11.8 Å². The van der Waals surface area contributed by atoms with E-state index in [1.165, 1.54) is 11.8 Å². The highest BCUT2D eigenvalue weighted by molar-refractivity contribution is 8.00. The molecule has 19 heavy (non-hydrogen) atoms. The van der Waals surface area contributed by atoms with Crippen LogP contribution in [0.1, 0.15) is 13.8 Å². The molecule has 1 aromatic rings. The van der Waals surface area contributed by atoms with Crippen LogP contribution >= 0.6 is 11.8 Å². The number of β-amino-alcohol motifs (C(OH)–C–C–N with tert-alkyl or cyclic N) is 1. The fraction of sp³-hybridized carbons (Fsp3) is 0.500. The Morgan fingerprint density at radius 2 is 2.05 bits per heavy atom. The Morgan fingerprint density at radius 3 is 2.58 bits per heavy atom. The highest BCUT2D eigenvalue weighted by Gasteiger charge is 2.38. The van der Waals surface area contributed by atoms with Crippen LogP contribution in [0.4, 0.5) is 0 Å². The summed E-state index contributed by atoms with van der Waals surface area (Å²) in [6.45, 7) is 5.23. The molecule has 1 amide bonds. The summed E-state index contributed by atoms with van der Waals surface area (Å²) in [6.07, 6.45) is 0. The standard InChI is InChI=1S/C14H19NO3S/c1-3-18-11-4-6-12(7-5-11)19-8-13(16)15-9-14(2,17)10-15/h4-7,17H,3,8-10H2,1-2H3. The van der Waals surface area contributed by atoms with Crippen molar-refractivity contribution in [2.75, 3.05) is 25.4 Å². The number of thioether (sulfide) groups is 1. The number of carbonyl (C=O) groups is 1. The van der Waals surface area contributed by atoms with Gasteiger partial charge in [-0.2, -0.15) is 0 Å². The van der Waals surface area contributed by atoms with E-state index in [1.54, 1.807) is 11.8 Å². The van der Waals surface area contributed by atoms with Gasteiger partial charge in [0.25, 0.3) is 0 Å². The van der Waals surface area contributed by atoms with E-state index in [2.05, 4.69) is 0 Å². The number of hydrogen-bond donors (Lipinski definition) is 1. The molecule has 1 aliphatic rings. The molecule has 104 valence electrons. The Bertz CT molecular complexity index is 437. The van der Waals surface area contributed by atoms with Gasteiger partial charge < -0.3 is 14.7 Å². The van der Waals surface area contributed by atoms with E-state index in [1.807, 2.05) is 31.2 Å². The summed E-state index contributed by atoms with van der Waals surface area (Å²) >= 11 is 1.50. The highest BCUT2D eigenvalue weighted by atomic mass is 32.2. The van der Waals surface area contributed by atoms with E-state index in [-0.39, 0.29) is 5.91 Å². The second kappa shape index (κ2) is 5.84. The van der Waals surface area contributed by atoms with Gasteiger partial charge in [-0.25, -0.2) is 0 Å². The number of carbonyl (C=O) groups excluding carboxylic acids is 1. The van der Waals surface area contributed by atoms with Crippen LogP contribution in [0.15, 0.2) is 29.2 Å². The number of ether oxygens (including phenoxy) is 1. The molecule has 1 saturated heterocycles. The van der Waals surface area contributed by atoms with Crippen LogP contribution in [0.25, 0.3) is 0 Å². The quantitative estimate of drug-likeness (QED) is 0.836. The van der Waals surface area contributed by atoms with Crippen LogP contribution in [0.5, 0.6) is 5.75 Å². The molecule has 0 atom stereocenters. The molecular formula is C14H19NO3S. The van der Waals surface area contributed by atoms with Crippen LogP contribution in [-0.4, -0.2) is 47.0 Å². The molecule has 5 heteroatoms. The van der Waals surface area contributed by atoms with Gasteiger partial charge in [0, 0.05) is 4.90 Å². The first-order valence-electron chi connectivity index (χ1n) is 6.36. The highest BCUT2D eigenvalue weighted by Crippen LogP contribution is 2.24. The third-order valence-electron chi connectivity index (χ3n) is 2.91. The van der Waals surface area contributed by atoms with Crippen molar-refractivity contribution in [1.82, 2.24) is 4.90 Å². The van der Waals surface area contributed by atoms with Gasteiger partial charge in [-0.05, 0) is 38.1 Å². The predicted octanol–water partition coefficient (Wildman–Crippen LogP) is 1.77. The summed E-state index contributed by atoms with van der Waals surface area (Å²) in [7, 11) is 0. The molecule has 2 rings (SSSR count). The first kappa shape index (κ1) is 14.2.